The third kappa shape index (κ3) is 3.59. The molecule has 4 nitrogen and oxygen atoms in total. The van der Waals surface area contributed by atoms with Gasteiger partial charge in [0, 0.05) is 23.5 Å². The van der Waals surface area contributed by atoms with E-state index in [1.165, 1.54) is 11.3 Å². The van der Waals surface area contributed by atoms with Gasteiger partial charge < -0.3 is 4.74 Å². The van der Waals surface area contributed by atoms with Gasteiger partial charge in [-0.25, -0.2) is 10.2 Å². The maximum atomic E-state index is 11.9. The lowest BCUT2D eigenvalue weighted by molar-refractivity contribution is 0.0526. The SMILES string of the molecule is CCOC(=O)c1ccc(N[N+]2(C(C)C)CCC(C)(C)c3ccccc32)cc1. The van der Waals surface area contributed by atoms with Crippen LogP contribution in [-0.2, 0) is 10.2 Å². The Kier molecular flexibility index (Phi) is 5.29. The second kappa shape index (κ2) is 7.35. The molecule has 1 N–H and O–H groups in total. The standard InChI is InChI=1S/C23H30N2O2/c1-6-27-22(26)18-11-13-19(14-12-18)24-25(17(2)3)16-15-23(4,5)20-9-7-8-10-21(20)25/h7-14,17H,6,15-16H2,1-5H3/p+1. The van der Waals surface area contributed by atoms with Crippen molar-refractivity contribution in [2.75, 3.05) is 18.6 Å². The second-order valence-electron chi connectivity index (χ2n) is 8.25. The lowest BCUT2D eigenvalue weighted by atomic mass is 9.77. The summed E-state index contributed by atoms with van der Waals surface area (Å²) in [4.78, 5) is 11.9. The van der Waals surface area contributed by atoms with Gasteiger partial charge >= 0.3 is 5.97 Å². The third-order valence-corrected chi connectivity index (χ3v) is 5.76. The van der Waals surface area contributed by atoms with Gasteiger partial charge in [0.25, 0.3) is 0 Å². The highest BCUT2D eigenvalue weighted by Crippen LogP contribution is 2.44. The maximum Gasteiger partial charge on any atom is 0.338 e. The Morgan fingerprint density at radius 3 is 2.44 bits per heavy atom. The quantitative estimate of drug-likeness (QED) is 0.576. The molecule has 0 bridgehead atoms. The zero-order valence-electron chi connectivity index (χ0n) is 17.1. The van der Waals surface area contributed by atoms with E-state index >= 15 is 0 Å². The Morgan fingerprint density at radius 2 is 1.81 bits per heavy atom. The molecule has 4 heteroatoms. The molecule has 3 rings (SSSR count). The number of benzene rings is 2. The predicted molar refractivity (Wildman–Crippen MR) is 112 cm³/mol. The summed E-state index contributed by atoms with van der Waals surface area (Å²) in [7, 11) is 0. The smallest absolute Gasteiger partial charge is 0.338 e. The summed E-state index contributed by atoms with van der Waals surface area (Å²) < 4.78 is 5.79. The van der Waals surface area contributed by atoms with Crippen molar-refractivity contribution in [2.24, 2.45) is 0 Å². The van der Waals surface area contributed by atoms with Crippen molar-refractivity contribution in [3.63, 3.8) is 0 Å². The molecule has 1 heterocycles. The zero-order valence-corrected chi connectivity index (χ0v) is 17.1. The van der Waals surface area contributed by atoms with E-state index in [0.29, 0.717) is 22.8 Å². The number of carbonyl (C=O) groups is 1. The molecule has 0 aromatic heterocycles. The molecule has 0 saturated carbocycles. The van der Waals surface area contributed by atoms with E-state index in [9.17, 15) is 4.79 Å². The Hall–Kier alpha value is -2.33. The molecule has 2 aromatic carbocycles. The molecule has 1 aliphatic rings. The molecule has 1 unspecified atom stereocenters. The first-order valence-corrected chi connectivity index (χ1v) is 9.83. The van der Waals surface area contributed by atoms with Crippen molar-refractivity contribution < 1.29 is 9.53 Å². The Morgan fingerprint density at radius 1 is 1.15 bits per heavy atom. The van der Waals surface area contributed by atoms with Crippen LogP contribution in [0.2, 0.25) is 0 Å². The maximum absolute atomic E-state index is 11.9. The average molecular weight is 368 g/mol. The third-order valence-electron chi connectivity index (χ3n) is 5.76. The van der Waals surface area contributed by atoms with Gasteiger partial charge in [0.1, 0.15) is 12.6 Å². The van der Waals surface area contributed by atoms with E-state index in [4.69, 9.17) is 4.74 Å². The molecule has 1 aliphatic heterocycles. The first-order valence-electron chi connectivity index (χ1n) is 9.83. The molecule has 144 valence electrons. The largest absolute Gasteiger partial charge is 0.462 e. The molecule has 2 aromatic rings. The number of esters is 1. The summed E-state index contributed by atoms with van der Waals surface area (Å²) in [6, 6.07) is 16.7. The van der Waals surface area contributed by atoms with Crippen molar-refractivity contribution in [3.8, 4) is 0 Å². The zero-order chi connectivity index (χ0) is 19.7. The number of ether oxygens (including phenoxy) is 1. The Balaban J connectivity index is 1.96. The molecular formula is C23H31N2O2+. The van der Waals surface area contributed by atoms with Gasteiger partial charge in [0.2, 0.25) is 0 Å². The van der Waals surface area contributed by atoms with Crippen LogP contribution in [0.5, 0.6) is 0 Å². The Labute approximate surface area is 162 Å². The minimum atomic E-state index is -0.276. The van der Waals surface area contributed by atoms with Crippen LogP contribution in [0.3, 0.4) is 0 Å². The molecule has 0 amide bonds. The van der Waals surface area contributed by atoms with Crippen LogP contribution in [0, 0.1) is 0 Å². The topological polar surface area (TPSA) is 38.3 Å². The van der Waals surface area contributed by atoms with Crippen molar-refractivity contribution in [3.05, 3.63) is 59.7 Å². The molecule has 0 saturated heterocycles. The predicted octanol–water partition coefficient (Wildman–Crippen LogP) is 5.29. The second-order valence-corrected chi connectivity index (χ2v) is 8.25. The highest BCUT2D eigenvalue weighted by Gasteiger charge is 2.45. The summed E-state index contributed by atoms with van der Waals surface area (Å²) in [6.07, 6.45) is 1.11. The van der Waals surface area contributed by atoms with Crippen LogP contribution < -0.4 is 10.0 Å². The average Bonchev–Trinajstić information content (AvgIpc) is 2.65. The van der Waals surface area contributed by atoms with E-state index in [1.54, 1.807) is 0 Å². The summed E-state index contributed by atoms with van der Waals surface area (Å²) in [5.74, 6) is -0.276. The van der Waals surface area contributed by atoms with Gasteiger partial charge in [-0.15, -0.1) is 0 Å². The van der Waals surface area contributed by atoms with Crippen molar-refractivity contribution in [1.82, 2.24) is 4.59 Å². The molecule has 0 spiro atoms. The van der Waals surface area contributed by atoms with Crippen LogP contribution in [0.15, 0.2) is 48.5 Å². The highest BCUT2D eigenvalue weighted by atomic mass is 16.5. The molecule has 1 atom stereocenters. The first kappa shape index (κ1) is 19.4. The number of fused-ring (bicyclic) bond motifs is 1. The number of nitrogens with zero attached hydrogens (tertiary/aromatic N) is 1. The number of rotatable bonds is 5. The highest BCUT2D eigenvalue weighted by molar-refractivity contribution is 5.89. The number of anilines is 1. The van der Waals surface area contributed by atoms with Crippen LogP contribution in [0.25, 0.3) is 0 Å². The monoisotopic (exact) mass is 367 g/mol. The van der Waals surface area contributed by atoms with Gasteiger partial charge in [-0.05, 0) is 45.0 Å². The van der Waals surface area contributed by atoms with E-state index in [-0.39, 0.29) is 11.4 Å². The first-order chi connectivity index (χ1) is 12.8. The number of carbonyl (C=O) groups excluding carboxylic acids is 1. The van der Waals surface area contributed by atoms with Crippen LogP contribution in [0.1, 0.15) is 57.0 Å². The lowest BCUT2D eigenvalue weighted by Crippen LogP contribution is -2.63. The van der Waals surface area contributed by atoms with E-state index in [2.05, 4.69) is 57.4 Å². The summed E-state index contributed by atoms with van der Waals surface area (Å²) >= 11 is 0. The molecule has 0 radical (unpaired) electrons. The van der Waals surface area contributed by atoms with E-state index < -0.39 is 0 Å². The van der Waals surface area contributed by atoms with E-state index in [1.807, 2.05) is 31.2 Å². The molecular weight excluding hydrogens is 336 g/mol. The summed E-state index contributed by atoms with van der Waals surface area (Å²) in [5, 5.41) is 0. The summed E-state index contributed by atoms with van der Waals surface area (Å²) in [5.41, 5.74) is 8.26. The van der Waals surface area contributed by atoms with E-state index in [0.717, 1.165) is 18.7 Å². The number of nitrogens with one attached hydrogen (secondary N) is 1. The Bertz CT molecular complexity index is 811. The van der Waals surface area contributed by atoms with Gasteiger partial charge in [-0.2, -0.15) is 4.59 Å². The number of quaternary nitrogens is 1. The minimum Gasteiger partial charge on any atom is -0.462 e. The van der Waals surface area contributed by atoms with Crippen LogP contribution >= 0.6 is 0 Å². The van der Waals surface area contributed by atoms with Gasteiger partial charge in [-0.1, -0.05) is 32.0 Å². The van der Waals surface area contributed by atoms with Gasteiger partial charge in [0.05, 0.1) is 17.9 Å². The van der Waals surface area contributed by atoms with Crippen LogP contribution in [0.4, 0.5) is 11.4 Å². The fraction of sp³-hybridized carbons (Fsp3) is 0.435. The molecule has 27 heavy (non-hydrogen) atoms. The number of para-hydroxylation sites is 1. The number of hydrogen-bond donors (Lipinski definition) is 1. The summed E-state index contributed by atoms with van der Waals surface area (Å²) in [6.45, 7) is 12.4. The van der Waals surface area contributed by atoms with Crippen molar-refractivity contribution in [2.45, 2.75) is 52.5 Å². The molecule has 0 fully saturated rings. The normalized spacial score (nSPS) is 20.8. The fourth-order valence-corrected chi connectivity index (χ4v) is 4.01. The number of hydrogen-bond acceptors (Lipinski definition) is 3. The lowest BCUT2D eigenvalue weighted by Gasteiger charge is -2.48. The molecule has 0 aliphatic carbocycles. The van der Waals surface area contributed by atoms with Gasteiger partial charge in [-0.3, -0.25) is 0 Å². The van der Waals surface area contributed by atoms with Crippen LogP contribution in [-0.4, -0.2) is 25.2 Å². The van der Waals surface area contributed by atoms with Crippen molar-refractivity contribution >= 4 is 17.3 Å². The fourth-order valence-electron chi connectivity index (χ4n) is 4.01. The van der Waals surface area contributed by atoms with Crippen molar-refractivity contribution in [1.29, 1.82) is 0 Å². The van der Waals surface area contributed by atoms with Gasteiger partial charge in [0.15, 0.2) is 5.69 Å². The minimum absolute atomic E-state index is 0.169.